The average molecular weight is 284 g/mol. The van der Waals surface area contributed by atoms with Gasteiger partial charge in [0.25, 0.3) is 5.91 Å². The second-order valence-electron chi connectivity index (χ2n) is 4.09. The monoisotopic (exact) mass is 283 g/mol. The van der Waals surface area contributed by atoms with E-state index in [9.17, 15) is 9.59 Å². The van der Waals surface area contributed by atoms with E-state index in [0.717, 1.165) is 0 Å². The van der Waals surface area contributed by atoms with Crippen LogP contribution in [0.15, 0.2) is 24.5 Å². The van der Waals surface area contributed by atoms with Crippen molar-refractivity contribution in [1.82, 2.24) is 10.3 Å². The lowest BCUT2D eigenvalue weighted by atomic mass is 10.2. The van der Waals surface area contributed by atoms with Crippen LogP contribution in [0, 0.1) is 0 Å². The smallest absolute Gasteiger partial charge is 0.351 e. The average Bonchev–Trinajstić information content (AvgIpc) is 2.27. The van der Waals surface area contributed by atoms with Gasteiger partial charge in [-0.25, -0.2) is 9.78 Å². The number of carboxylic acids is 1. The molecule has 0 saturated carbocycles. The zero-order valence-corrected chi connectivity index (χ0v) is 11.3. The summed E-state index contributed by atoms with van der Waals surface area (Å²) in [6, 6.07) is 1.58. The summed E-state index contributed by atoms with van der Waals surface area (Å²) in [5, 5.41) is 14.1. The number of hydrogen-bond acceptors (Lipinski definition) is 4. The number of nitrogens with zero attached hydrogens (tertiary/aromatic N) is 1. The molecular weight excluding hydrogens is 270 g/mol. The van der Waals surface area contributed by atoms with Crippen LogP contribution in [0.25, 0.3) is 0 Å². The predicted molar refractivity (Wildman–Crippen MR) is 72.2 cm³/mol. The Morgan fingerprint density at radius 3 is 2.63 bits per heavy atom. The van der Waals surface area contributed by atoms with E-state index in [4.69, 9.17) is 16.7 Å². The Bertz CT molecular complexity index is 529. The molecular formula is C12H14ClN3O3. The maximum atomic E-state index is 11.9. The topological polar surface area (TPSA) is 91.3 Å². The quantitative estimate of drug-likeness (QED) is 0.567. The van der Waals surface area contributed by atoms with Crippen molar-refractivity contribution >= 4 is 29.2 Å². The van der Waals surface area contributed by atoms with Crippen molar-refractivity contribution in [2.75, 3.05) is 5.32 Å². The first kappa shape index (κ1) is 15.0. The minimum atomic E-state index is -1.30. The standard InChI is InChI=1S/C12H14ClN3O3/c1-6(2)15-9-4-10(13)14-5-8(9)11(17)16-7(3)12(18)19/h4-6H,3H2,1-2H3,(H,14,15)(H,16,17)(H,18,19). The lowest BCUT2D eigenvalue weighted by Crippen LogP contribution is -2.28. The summed E-state index contributed by atoms with van der Waals surface area (Å²) in [6.45, 7) is 7.02. The SMILES string of the molecule is C=C(NC(=O)c1cnc(Cl)cc1NC(C)C)C(=O)O. The van der Waals surface area contributed by atoms with Gasteiger partial charge in [-0.1, -0.05) is 18.2 Å². The first-order valence-corrected chi connectivity index (χ1v) is 5.84. The first-order valence-electron chi connectivity index (χ1n) is 5.47. The van der Waals surface area contributed by atoms with Crippen LogP contribution in [0.5, 0.6) is 0 Å². The Balaban J connectivity index is 3.01. The van der Waals surface area contributed by atoms with Crippen LogP contribution < -0.4 is 10.6 Å². The molecule has 0 aliphatic heterocycles. The van der Waals surface area contributed by atoms with Crippen LogP contribution in [0.4, 0.5) is 5.69 Å². The molecule has 1 rings (SSSR count). The van der Waals surface area contributed by atoms with Gasteiger partial charge in [-0.3, -0.25) is 4.79 Å². The minimum absolute atomic E-state index is 0.0766. The molecule has 0 aliphatic rings. The third-order valence-electron chi connectivity index (χ3n) is 2.08. The van der Waals surface area contributed by atoms with E-state index in [1.165, 1.54) is 12.3 Å². The lowest BCUT2D eigenvalue weighted by molar-refractivity contribution is -0.132. The van der Waals surface area contributed by atoms with Gasteiger partial charge in [0.15, 0.2) is 0 Å². The Kier molecular flexibility index (Phi) is 4.88. The summed E-state index contributed by atoms with van der Waals surface area (Å²) >= 11 is 5.77. The predicted octanol–water partition coefficient (Wildman–Crippen LogP) is 1.88. The molecule has 102 valence electrons. The fourth-order valence-electron chi connectivity index (χ4n) is 1.30. The van der Waals surface area contributed by atoms with Crippen molar-refractivity contribution in [3.8, 4) is 0 Å². The van der Waals surface area contributed by atoms with Crippen LogP contribution in [0.3, 0.4) is 0 Å². The summed E-state index contributed by atoms with van der Waals surface area (Å²) in [4.78, 5) is 26.3. The summed E-state index contributed by atoms with van der Waals surface area (Å²) in [6.07, 6.45) is 1.28. The molecule has 0 aromatic carbocycles. The highest BCUT2D eigenvalue weighted by Crippen LogP contribution is 2.19. The maximum Gasteiger partial charge on any atom is 0.351 e. The Morgan fingerprint density at radius 1 is 1.47 bits per heavy atom. The van der Waals surface area contributed by atoms with E-state index in [1.807, 2.05) is 13.8 Å². The normalized spacial score (nSPS) is 10.1. The van der Waals surface area contributed by atoms with Crippen LogP contribution in [-0.2, 0) is 4.79 Å². The van der Waals surface area contributed by atoms with Gasteiger partial charge in [-0.05, 0) is 19.9 Å². The van der Waals surface area contributed by atoms with E-state index >= 15 is 0 Å². The number of aliphatic carboxylic acids is 1. The number of rotatable bonds is 5. The summed E-state index contributed by atoms with van der Waals surface area (Å²) in [5.74, 6) is -1.91. The molecule has 0 atom stereocenters. The zero-order valence-electron chi connectivity index (χ0n) is 10.5. The minimum Gasteiger partial charge on any atom is -0.477 e. The molecule has 0 radical (unpaired) electrons. The van der Waals surface area contributed by atoms with Crippen molar-refractivity contribution in [3.05, 3.63) is 35.3 Å². The van der Waals surface area contributed by atoms with E-state index in [1.54, 1.807) is 0 Å². The molecule has 0 saturated heterocycles. The molecule has 0 aliphatic carbocycles. The Morgan fingerprint density at radius 2 is 2.11 bits per heavy atom. The molecule has 1 amide bonds. The molecule has 1 aromatic rings. The van der Waals surface area contributed by atoms with Crippen molar-refractivity contribution in [2.24, 2.45) is 0 Å². The molecule has 6 nitrogen and oxygen atoms in total. The van der Waals surface area contributed by atoms with Gasteiger partial charge in [0.1, 0.15) is 10.9 Å². The zero-order chi connectivity index (χ0) is 14.6. The first-order chi connectivity index (χ1) is 8.81. The van der Waals surface area contributed by atoms with Gasteiger partial charge in [-0.15, -0.1) is 0 Å². The number of nitrogens with one attached hydrogen (secondary N) is 2. The lowest BCUT2D eigenvalue weighted by Gasteiger charge is -2.14. The van der Waals surface area contributed by atoms with Crippen molar-refractivity contribution in [3.63, 3.8) is 0 Å². The van der Waals surface area contributed by atoms with E-state index in [0.29, 0.717) is 5.69 Å². The fraction of sp³-hybridized carbons (Fsp3) is 0.250. The summed E-state index contributed by atoms with van der Waals surface area (Å²) < 4.78 is 0. The van der Waals surface area contributed by atoms with Crippen LogP contribution in [0.2, 0.25) is 5.15 Å². The molecule has 0 unspecified atom stereocenters. The highest BCUT2D eigenvalue weighted by molar-refractivity contribution is 6.29. The Labute approximate surface area is 115 Å². The van der Waals surface area contributed by atoms with Crippen molar-refractivity contribution in [1.29, 1.82) is 0 Å². The molecule has 1 aromatic heterocycles. The van der Waals surface area contributed by atoms with Gasteiger partial charge in [0.2, 0.25) is 0 Å². The van der Waals surface area contributed by atoms with E-state index in [2.05, 4.69) is 22.2 Å². The third kappa shape index (κ3) is 4.26. The second kappa shape index (κ2) is 6.19. The number of carbonyl (C=O) groups is 2. The number of halogens is 1. The molecule has 0 bridgehead atoms. The van der Waals surface area contributed by atoms with E-state index < -0.39 is 17.6 Å². The molecule has 3 N–H and O–H groups in total. The fourth-order valence-corrected chi connectivity index (χ4v) is 1.46. The highest BCUT2D eigenvalue weighted by Gasteiger charge is 2.16. The van der Waals surface area contributed by atoms with Gasteiger partial charge >= 0.3 is 5.97 Å². The van der Waals surface area contributed by atoms with Gasteiger partial charge in [-0.2, -0.15) is 0 Å². The summed E-state index contributed by atoms with van der Waals surface area (Å²) in [5.41, 5.74) is 0.265. The van der Waals surface area contributed by atoms with Crippen LogP contribution in [-0.4, -0.2) is 28.0 Å². The number of carboxylic acid groups (broad SMARTS) is 1. The van der Waals surface area contributed by atoms with Crippen LogP contribution >= 0.6 is 11.6 Å². The summed E-state index contributed by atoms with van der Waals surface area (Å²) in [7, 11) is 0. The number of aromatic nitrogens is 1. The molecule has 0 spiro atoms. The van der Waals surface area contributed by atoms with Gasteiger partial charge in [0, 0.05) is 12.2 Å². The number of hydrogen-bond donors (Lipinski definition) is 3. The van der Waals surface area contributed by atoms with Crippen LogP contribution in [0.1, 0.15) is 24.2 Å². The number of anilines is 1. The number of carbonyl (C=O) groups excluding carboxylic acids is 1. The van der Waals surface area contributed by atoms with E-state index in [-0.39, 0.29) is 16.8 Å². The molecule has 7 heteroatoms. The third-order valence-corrected chi connectivity index (χ3v) is 2.29. The number of pyridine rings is 1. The second-order valence-corrected chi connectivity index (χ2v) is 4.48. The number of amides is 1. The van der Waals surface area contributed by atoms with Gasteiger partial charge in [0.05, 0.1) is 11.3 Å². The van der Waals surface area contributed by atoms with Gasteiger partial charge < -0.3 is 15.7 Å². The van der Waals surface area contributed by atoms with Crippen molar-refractivity contribution in [2.45, 2.75) is 19.9 Å². The molecule has 0 fully saturated rings. The Hall–Kier alpha value is -2.08. The maximum absolute atomic E-state index is 11.9. The highest BCUT2D eigenvalue weighted by atomic mass is 35.5. The largest absolute Gasteiger partial charge is 0.477 e. The van der Waals surface area contributed by atoms with Crippen molar-refractivity contribution < 1.29 is 14.7 Å². The molecule has 19 heavy (non-hydrogen) atoms. The molecule has 1 heterocycles.